The van der Waals surface area contributed by atoms with Crippen LogP contribution < -0.4 is 5.32 Å². The Morgan fingerprint density at radius 1 is 1.40 bits per heavy atom. The van der Waals surface area contributed by atoms with Gasteiger partial charge in [0.2, 0.25) is 0 Å². The molecule has 1 unspecified atom stereocenters. The van der Waals surface area contributed by atoms with Gasteiger partial charge >= 0.3 is 0 Å². The topological polar surface area (TPSA) is 15.3 Å². The normalized spacial score (nSPS) is 24.4. The summed E-state index contributed by atoms with van der Waals surface area (Å²) in [4.78, 5) is 1.88. The van der Waals surface area contributed by atoms with Gasteiger partial charge in [0.05, 0.1) is 6.54 Å². The molecule has 0 radical (unpaired) electrons. The van der Waals surface area contributed by atoms with Gasteiger partial charge in [-0.05, 0) is 25.9 Å². The molecular weight excluding hydrogens is 198 g/mol. The van der Waals surface area contributed by atoms with Gasteiger partial charge in [-0.1, -0.05) is 13.8 Å². The van der Waals surface area contributed by atoms with Crippen LogP contribution in [0, 0.1) is 5.92 Å². The molecular formula is C11H22F2N2. The van der Waals surface area contributed by atoms with Crippen LogP contribution in [0.1, 0.15) is 26.7 Å². The summed E-state index contributed by atoms with van der Waals surface area (Å²) in [6.07, 6.45) is 0.664. The van der Waals surface area contributed by atoms with Crippen molar-refractivity contribution in [1.29, 1.82) is 0 Å². The lowest BCUT2D eigenvalue weighted by atomic mass is 10.0. The maximum Gasteiger partial charge on any atom is 0.260 e. The highest BCUT2D eigenvalue weighted by Gasteiger charge is 2.35. The van der Waals surface area contributed by atoms with E-state index in [0.29, 0.717) is 18.4 Å². The molecule has 1 fully saturated rings. The third-order valence-electron chi connectivity index (χ3n) is 3.10. The van der Waals surface area contributed by atoms with Gasteiger partial charge in [-0.25, -0.2) is 8.78 Å². The van der Waals surface area contributed by atoms with Crippen LogP contribution in [0.2, 0.25) is 0 Å². The molecule has 1 aliphatic heterocycles. The van der Waals surface area contributed by atoms with E-state index in [1.807, 2.05) is 11.9 Å². The Morgan fingerprint density at radius 3 is 2.53 bits per heavy atom. The molecule has 0 aliphatic carbocycles. The van der Waals surface area contributed by atoms with Gasteiger partial charge in [-0.2, -0.15) is 0 Å². The molecule has 15 heavy (non-hydrogen) atoms. The summed E-state index contributed by atoms with van der Waals surface area (Å²) in [6.45, 7) is 5.69. The lowest BCUT2D eigenvalue weighted by Gasteiger charge is -2.35. The summed E-state index contributed by atoms with van der Waals surface area (Å²) in [5.74, 6) is -2.00. The largest absolute Gasteiger partial charge is 0.315 e. The van der Waals surface area contributed by atoms with Gasteiger partial charge in [0, 0.05) is 19.0 Å². The second-order valence-corrected chi connectivity index (χ2v) is 4.83. The molecule has 90 valence electrons. The lowest BCUT2D eigenvalue weighted by Crippen LogP contribution is -2.49. The minimum absolute atomic E-state index is 0.0510. The molecule has 0 amide bonds. The van der Waals surface area contributed by atoms with Crippen molar-refractivity contribution in [1.82, 2.24) is 10.2 Å². The summed E-state index contributed by atoms with van der Waals surface area (Å²) in [5, 5.41) is 3.19. The number of nitrogens with zero attached hydrogens (tertiary/aromatic N) is 1. The monoisotopic (exact) mass is 220 g/mol. The molecule has 1 atom stereocenters. The Kier molecular flexibility index (Phi) is 4.46. The molecule has 0 aromatic rings. The van der Waals surface area contributed by atoms with E-state index >= 15 is 0 Å². The number of hydrogen-bond acceptors (Lipinski definition) is 2. The summed E-state index contributed by atoms with van der Waals surface area (Å²) in [5.41, 5.74) is 0. The Morgan fingerprint density at radius 2 is 2.07 bits per heavy atom. The van der Waals surface area contributed by atoms with Crippen LogP contribution in [0.5, 0.6) is 0 Å². The second kappa shape index (κ2) is 5.21. The molecule has 1 N–H and O–H groups in total. The highest BCUT2D eigenvalue weighted by atomic mass is 19.3. The number of alkyl halides is 2. The first-order valence-corrected chi connectivity index (χ1v) is 5.72. The molecule has 1 saturated heterocycles. The lowest BCUT2D eigenvalue weighted by molar-refractivity contribution is -0.0663. The fraction of sp³-hybridized carbons (Fsp3) is 1.00. The van der Waals surface area contributed by atoms with E-state index in [1.54, 1.807) is 0 Å². The van der Waals surface area contributed by atoms with Crippen LogP contribution >= 0.6 is 0 Å². The van der Waals surface area contributed by atoms with E-state index in [2.05, 4.69) is 19.2 Å². The quantitative estimate of drug-likeness (QED) is 0.779. The van der Waals surface area contributed by atoms with Gasteiger partial charge in [0.1, 0.15) is 0 Å². The molecule has 0 aromatic heterocycles. The summed E-state index contributed by atoms with van der Waals surface area (Å²) in [6, 6.07) is 0.305. The van der Waals surface area contributed by atoms with Crippen LogP contribution in [0.15, 0.2) is 0 Å². The molecule has 2 nitrogen and oxygen atoms in total. The molecule has 0 spiro atoms. The van der Waals surface area contributed by atoms with E-state index in [9.17, 15) is 8.78 Å². The summed E-state index contributed by atoms with van der Waals surface area (Å²) in [7, 11) is 1.90. The Hall–Kier alpha value is -0.220. The predicted octanol–water partition coefficient (Wildman–Crippen LogP) is 1.96. The molecule has 0 saturated carbocycles. The minimum atomic E-state index is -2.48. The van der Waals surface area contributed by atoms with Crippen molar-refractivity contribution in [2.75, 3.05) is 26.7 Å². The molecule has 1 rings (SSSR count). The number of rotatable bonds is 4. The van der Waals surface area contributed by atoms with E-state index in [-0.39, 0.29) is 13.0 Å². The third kappa shape index (κ3) is 4.03. The zero-order valence-electron chi connectivity index (χ0n) is 9.89. The van der Waals surface area contributed by atoms with Crippen LogP contribution in [0.4, 0.5) is 8.78 Å². The first-order valence-electron chi connectivity index (χ1n) is 5.72. The van der Waals surface area contributed by atoms with Crippen LogP contribution in [0.25, 0.3) is 0 Å². The van der Waals surface area contributed by atoms with Crippen LogP contribution in [-0.2, 0) is 0 Å². The van der Waals surface area contributed by atoms with Crippen molar-refractivity contribution >= 4 is 0 Å². The van der Waals surface area contributed by atoms with Gasteiger partial charge in [0.15, 0.2) is 0 Å². The van der Waals surface area contributed by atoms with Crippen molar-refractivity contribution in [3.8, 4) is 0 Å². The van der Waals surface area contributed by atoms with Gasteiger partial charge < -0.3 is 5.32 Å². The second-order valence-electron chi connectivity index (χ2n) is 4.83. The SMILES string of the molecule is CNC(CN1CCCC(F)(F)C1)C(C)C. The standard InChI is InChI=1S/C11H22F2N2/c1-9(2)10(14-3)7-15-6-4-5-11(12,13)8-15/h9-10,14H,4-8H2,1-3H3. The van der Waals surface area contributed by atoms with Crippen LogP contribution in [0.3, 0.4) is 0 Å². The smallest absolute Gasteiger partial charge is 0.260 e. The average Bonchev–Trinajstić information content (AvgIpc) is 2.12. The van der Waals surface area contributed by atoms with Crippen molar-refractivity contribution in [3.63, 3.8) is 0 Å². The number of likely N-dealkylation sites (N-methyl/N-ethyl adjacent to an activating group) is 1. The fourth-order valence-corrected chi connectivity index (χ4v) is 2.12. The number of nitrogens with one attached hydrogen (secondary N) is 1. The molecule has 1 heterocycles. The first-order chi connectivity index (χ1) is 6.94. The van der Waals surface area contributed by atoms with Crippen molar-refractivity contribution < 1.29 is 8.78 Å². The van der Waals surface area contributed by atoms with Crippen molar-refractivity contribution in [3.05, 3.63) is 0 Å². The van der Waals surface area contributed by atoms with E-state index < -0.39 is 5.92 Å². The predicted molar refractivity (Wildman–Crippen MR) is 58.3 cm³/mol. The van der Waals surface area contributed by atoms with Crippen molar-refractivity contribution in [2.45, 2.75) is 38.7 Å². The average molecular weight is 220 g/mol. The number of piperidine rings is 1. The van der Waals surface area contributed by atoms with E-state index in [0.717, 1.165) is 13.1 Å². The molecule has 4 heteroatoms. The zero-order chi connectivity index (χ0) is 11.5. The van der Waals surface area contributed by atoms with E-state index in [4.69, 9.17) is 0 Å². The highest BCUT2D eigenvalue weighted by Crippen LogP contribution is 2.26. The van der Waals surface area contributed by atoms with Gasteiger partial charge in [-0.3, -0.25) is 4.90 Å². The summed E-state index contributed by atoms with van der Waals surface area (Å²) >= 11 is 0. The Labute approximate surface area is 91.0 Å². The first kappa shape index (κ1) is 12.8. The van der Waals surface area contributed by atoms with Crippen molar-refractivity contribution in [2.24, 2.45) is 5.92 Å². The third-order valence-corrected chi connectivity index (χ3v) is 3.10. The molecule has 0 bridgehead atoms. The number of likely N-dealkylation sites (tertiary alicyclic amines) is 1. The van der Waals surface area contributed by atoms with Gasteiger partial charge in [-0.15, -0.1) is 0 Å². The van der Waals surface area contributed by atoms with Crippen LogP contribution in [-0.4, -0.2) is 43.5 Å². The minimum Gasteiger partial charge on any atom is -0.315 e. The Bertz CT molecular complexity index is 195. The molecule has 0 aromatic carbocycles. The highest BCUT2D eigenvalue weighted by molar-refractivity contribution is 4.82. The maximum atomic E-state index is 13.1. The number of halogens is 2. The van der Waals surface area contributed by atoms with E-state index in [1.165, 1.54) is 0 Å². The zero-order valence-corrected chi connectivity index (χ0v) is 9.89. The Balaban J connectivity index is 2.43. The fourth-order valence-electron chi connectivity index (χ4n) is 2.12. The maximum absolute atomic E-state index is 13.1. The molecule has 1 aliphatic rings. The summed E-state index contributed by atoms with van der Waals surface area (Å²) < 4.78 is 26.3. The van der Waals surface area contributed by atoms with Gasteiger partial charge in [0.25, 0.3) is 5.92 Å². The number of hydrogen-bond donors (Lipinski definition) is 1.